The van der Waals surface area contributed by atoms with Crippen LogP contribution in [0.25, 0.3) is 0 Å². The molecule has 0 unspecified atom stereocenters. The Morgan fingerprint density at radius 1 is 1.18 bits per heavy atom. The summed E-state index contributed by atoms with van der Waals surface area (Å²) < 4.78 is 16.5. The van der Waals surface area contributed by atoms with E-state index in [0.29, 0.717) is 6.04 Å². The van der Waals surface area contributed by atoms with Crippen LogP contribution in [0.1, 0.15) is 13.8 Å². The van der Waals surface area contributed by atoms with Crippen LogP contribution in [0, 0.1) is 0 Å². The summed E-state index contributed by atoms with van der Waals surface area (Å²) in [7, 11) is 0. The van der Waals surface area contributed by atoms with E-state index < -0.39 is 5.79 Å². The molecule has 2 aliphatic rings. The molecule has 0 aromatic heterocycles. The summed E-state index contributed by atoms with van der Waals surface area (Å²) >= 11 is 0. The second kappa shape index (κ2) is 6.11. The fraction of sp³-hybridized carbons (Fsp3) is 1.00. The van der Waals surface area contributed by atoms with Crippen molar-refractivity contribution in [2.24, 2.45) is 0 Å². The maximum Gasteiger partial charge on any atom is 0.162 e. The molecule has 5 heteroatoms. The fourth-order valence-electron chi connectivity index (χ4n) is 2.06. The van der Waals surface area contributed by atoms with Gasteiger partial charge in [-0.15, -0.1) is 0 Å². The Morgan fingerprint density at radius 3 is 2.47 bits per heavy atom. The number of hydrogen-bond donors (Lipinski definition) is 1. The number of nitrogens with one attached hydrogen (secondary N) is 1. The van der Waals surface area contributed by atoms with Crippen molar-refractivity contribution in [2.45, 2.75) is 25.7 Å². The van der Waals surface area contributed by atoms with Crippen molar-refractivity contribution >= 4 is 0 Å². The van der Waals surface area contributed by atoms with Crippen LogP contribution in [-0.4, -0.2) is 69.3 Å². The van der Waals surface area contributed by atoms with Gasteiger partial charge in [0.05, 0.1) is 32.5 Å². The summed E-state index contributed by atoms with van der Waals surface area (Å²) in [5.74, 6) is -0.414. The van der Waals surface area contributed by atoms with E-state index in [4.69, 9.17) is 14.2 Å². The maximum absolute atomic E-state index is 5.60. The van der Waals surface area contributed by atoms with Crippen molar-refractivity contribution in [3.05, 3.63) is 0 Å². The average Bonchev–Trinajstić information content (AvgIpc) is 2.33. The number of nitrogens with zero attached hydrogens (tertiary/aromatic N) is 1. The Balaban J connectivity index is 1.56. The molecule has 0 aliphatic carbocycles. The molecule has 0 saturated carbocycles. The van der Waals surface area contributed by atoms with Crippen LogP contribution >= 0.6 is 0 Å². The van der Waals surface area contributed by atoms with Gasteiger partial charge in [0, 0.05) is 26.2 Å². The zero-order valence-electron chi connectivity index (χ0n) is 10.9. The van der Waals surface area contributed by atoms with Gasteiger partial charge in [-0.05, 0) is 13.8 Å². The van der Waals surface area contributed by atoms with Gasteiger partial charge in [-0.2, -0.15) is 0 Å². The second-order valence-corrected chi connectivity index (χ2v) is 5.13. The molecule has 0 bridgehead atoms. The highest BCUT2D eigenvalue weighted by molar-refractivity contribution is 4.74. The van der Waals surface area contributed by atoms with Gasteiger partial charge in [-0.1, -0.05) is 0 Å². The van der Waals surface area contributed by atoms with Crippen LogP contribution in [0.15, 0.2) is 0 Å². The fourth-order valence-corrected chi connectivity index (χ4v) is 2.06. The molecule has 0 aromatic rings. The molecule has 0 aromatic carbocycles. The van der Waals surface area contributed by atoms with Gasteiger partial charge in [0.15, 0.2) is 5.79 Å². The summed E-state index contributed by atoms with van der Waals surface area (Å²) in [4.78, 5) is 2.42. The molecule has 2 fully saturated rings. The predicted molar refractivity (Wildman–Crippen MR) is 65.0 cm³/mol. The lowest BCUT2D eigenvalue weighted by Crippen LogP contribution is -2.50. The third kappa shape index (κ3) is 4.52. The van der Waals surface area contributed by atoms with E-state index in [2.05, 4.69) is 10.2 Å². The highest BCUT2D eigenvalue weighted by atomic mass is 16.7. The smallest absolute Gasteiger partial charge is 0.162 e. The number of rotatable bonds is 4. The topological polar surface area (TPSA) is 43.0 Å². The molecule has 0 spiro atoms. The zero-order valence-corrected chi connectivity index (χ0v) is 10.9. The summed E-state index contributed by atoms with van der Waals surface area (Å²) in [5.41, 5.74) is 0. The molecule has 0 amide bonds. The van der Waals surface area contributed by atoms with Crippen molar-refractivity contribution in [3.8, 4) is 0 Å². The normalized spacial score (nSPS) is 27.2. The van der Waals surface area contributed by atoms with Gasteiger partial charge in [0.25, 0.3) is 0 Å². The first-order valence-corrected chi connectivity index (χ1v) is 6.47. The first kappa shape index (κ1) is 13.2. The quantitative estimate of drug-likeness (QED) is 0.757. The molecule has 0 atom stereocenters. The molecule has 5 nitrogen and oxygen atoms in total. The summed E-state index contributed by atoms with van der Waals surface area (Å²) in [6.07, 6.45) is 0. The number of hydrogen-bond acceptors (Lipinski definition) is 5. The molecule has 1 N–H and O–H groups in total. The third-order valence-electron chi connectivity index (χ3n) is 3.23. The van der Waals surface area contributed by atoms with Crippen LogP contribution in [0.3, 0.4) is 0 Å². The monoisotopic (exact) mass is 244 g/mol. The van der Waals surface area contributed by atoms with Gasteiger partial charge in [-0.3, -0.25) is 4.90 Å². The number of ether oxygens (including phenoxy) is 3. The molecule has 2 aliphatic heterocycles. The van der Waals surface area contributed by atoms with E-state index >= 15 is 0 Å². The van der Waals surface area contributed by atoms with E-state index in [1.807, 2.05) is 13.8 Å². The third-order valence-corrected chi connectivity index (χ3v) is 3.23. The average molecular weight is 244 g/mol. The molecule has 17 heavy (non-hydrogen) atoms. The van der Waals surface area contributed by atoms with Crippen LogP contribution in [0.5, 0.6) is 0 Å². The van der Waals surface area contributed by atoms with Crippen LogP contribution in [-0.2, 0) is 14.2 Å². The first-order valence-electron chi connectivity index (χ1n) is 6.47. The SMILES string of the molecule is CC1(C)OCC(NCCN2CCOCC2)CO1. The number of morpholine rings is 1. The van der Waals surface area contributed by atoms with Crippen LogP contribution in [0.4, 0.5) is 0 Å². The summed E-state index contributed by atoms with van der Waals surface area (Å²) in [6, 6.07) is 0.323. The van der Waals surface area contributed by atoms with E-state index in [1.165, 1.54) is 0 Å². The second-order valence-electron chi connectivity index (χ2n) is 5.13. The van der Waals surface area contributed by atoms with E-state index in [-0.39, 0.29) is 0 Å². The van der Waals surface area contributed by atoms with E-state index in [1.54, 1.807) is 0 Å². The Labute approximate surface area is 103 Å². The van der Waals surface area contributed by atoms with Crippen molar-refractivity contribution in [3.63, 3.8) is 0 Å². The van der Waals surface area contributed by atoms with Crippen molar-refractivity contribution in [1.29, 1.82) is 0 Å². The highest BCUT2D eigenvalue weighted by Crippen LogP contribution is 2.16. The van der Waals surface area contributed by atoms with Gasteiger partial charge in [0.2, 0.25) is 0 Å². The molecule has 2 heterocycles. The first-order chi connectivity index (χ1) is 8.16. The predicted octanol–water partition coefficient (Wildman–Crippen LogP) is 0.0597. The minimum absolute atomic E-state index is 0.323. The van der Waals surface area contributed by atoms with Crippen molar-refractivity contribution in [2.75, 3.05) is 52.6 Å². The lowest BCUT2D eigenvalue weighted by Gasteiger charge is -2.35. The summed E-state index contributed by atoms with van der Waals surface area (Å²) in [5, 5.41) is 3.47. The van der Waals surface area contributed by atoms with Gasteiger partial charge < -0.3 is 19.5 Å². The highest BCUT2D eigenvalue weighted by Gasteiger charge is 2.27. The van der Waals surface area contributed by atoms with Crippen LogP contribution in [0.2, 0.25) is 0 Å². The van der Waals surface area contributed by atoms with E-state index in [9.17, 15) is 0 Å². The zero-order chi connectivity index (χ0) is 12.1. The van der Waals surface area contributed by atoms with Gasteiger partial charge in [0.1, 0.15) is 0 Å². The molecule has 0 radical (unpaired) electrons. The molecular weight excluding hydrogens is 220 g/mol. The summed E-state index contributed by atoms with van der Waals surface area (Å²) in [6.45, 7) is 11.3. The Morgan fingerprint density at radius 2 is 1.82 bits per heavy atom. The lowest BCUT2D eigenvalue weighted by molar-refractivity contribution is -0.252. The Kier molecular flexibility index (Phi) is 4.76. The Hall–Kier alpha value is -0.200. The maximum atomic E-state index is 5.60. The van der Waals surface area contributed by atoms with Gasteiger partial charge >= 0.3 is 0 Å². The van der Waals surface area contributed by atoms with Crippen LogP contribution < -0.4 is 5.32 Å². The van der Waals surface area contributed by atoms with E-state index in [0.717, 1.165) is 52.6 Å². The van der Waals surface area contributed by atoms with Crippen molar-refractivity contribution < 1.29 is 14.2 Å². The largest absolute Gasteiger partial charge is 0.379 e. The lowest BCUT2D eigenvalue weighted by atomic mass is 10.2. The minimum atomic E-state index is -0.414. The Bertz CT molecular complexity index is 220. The minimum Gasteiger partial charge on any atom is -0.379 e. The molecular formula is C12H24N2O3. The van der Waals surface area contributed by atoms with Gasteiger partial charge in [-0.25, -0.2) is 0 Å². The molecule has 2 saturated heterocycles. The molecule has 100 valence electrons. The molecule has 2 rings (SSSR count). The standard InChI is InChI=1S/C12H24N2O3/c1-12(2)16-9-11(10-17-12)13-3-4-14-5-7-15-8-6-14/h11,13H,3-10H2,1-2H3. The van der Waals surface area contributed by atoms with Crippen molar-refractivity contribution in [1.82, 2.24) is 10.2 Å².